The van der Waals surface area contributed by atoms with Crippen LogP contribution in [-0.4, -0.2) is 78.7 Å². The fourth-order valence-corrected chi connectivity index (χ4v) is 6.23. The molecule has 200 valence electrons. The van der Waals surface area contributed by atoms with E-state index in [1.165, 1.54) is 31.1 Å². The number of halogens is 3. The van der Waals surface area contributed by atoms with Crippen molar-refractivity contribution in [3.63, 3.8) is 0 Å². The lowest BCUT2D eigenvalue weighted by Crippen LogP contribution is -2.74. The largest absolute Gasteiger partial charge is 0.534 e. The summed E-state index contributed by atoms with van der Waals surface area (Å²) in [6.45, 7) is 0. The van der Waals surface area contributed by atoms with Crippen LogP contribution in [0, 0.1) is 23.7 Å². The van der Waals surface area contributed by atoms with E-state index >= 15 is 0 Å². The molecule has 0 spiro atoms. The van der Waals surface area contributed by atoms with Crippen LogP contribution in [0.3, 0.4) is 0 Å². The summed E-state index contributed by atoms with van der Waals surface area (Å²) in [6.07, 6.45) is -0.342. The second-order valence-electron chi connectivity index (χ2n) is 9.56. The first-order valence-electron chi connectivity index (χ1n) is 10.9. The molecule has 0 radical (unpaired) electrons. The Morgan fingerprint density at radius 1 is 1.16 bits per heavy atom. The minimum absolute atomic E-state index is 0.0873. The smallest absolute Gasteiger partial charge is 0.375 e. The number of nitrogens with two attached hydrogens (primary N) is 1. The third-order valence-electron chi connectivity index (χ3n) is 7.27. The van der Waals surface area contributed by atoms with Crippen LogP contribution in [0.25, 0.3) is 0 Å². The number of fused-ring (bicyclic) bond motifs is 3. The number of benzene rings is 1. The maximum Gasteiger partial charge on any atom is 0.534 e. The van der Waals surface area contributed by atoms with Crippen molar-refractivity contribution in [2.24, 2.45) is 29.4 Å². The van der Waals surface area contributed by atoms with Gasteiger partial charge < -0.3 is 15.0 Å². The molecule has 0 aromatic heterocycles. The molecular weight excluding hydrogens is 525 g/mol. The number of ketones is 4. The van der Waals surface area contributed by atoms with Crippen LogP contribution >= 0.6 is 0 Å². The Hall–Kier alpha value is -3.17. The van der Waals surface area contributed by atoms with Crippen LogP contribution in [0.2, 0.25) is 0 Å². The molecular formula is C22H21F3N2O9S. The van der Waals surface area contributed by atoms with E-state index < -0.39 is 91.3 Å². The van der Waals surface area contributed by atoms with Gasteiger partial charge in [-0.1, -0.05) is 12.1 Å². The SMILES string of the molecule is CN(C)[C@@H]1C(=O)C(C(N)=O)C(=O)[C@@]2(O)C(=O)C3C(=O)c4c(cccc4OS(=O)(=O)C(F)(F)F)CC3CC12. The maximum absolute atomic E-state index is 13.6. The van der Waals surface area contributed by atoms with Crippen LogP contribution in [-0.2, 0) is 35.7 Å². The zero-order valence-corrected chi connectivity index (χ0v) is 20.1. The Morgan fingerprint density at radius 3 is 2.32 bits per heavy atom. The quantitative estimate of drug-likeness (QED) is 0.281. The number of hydrogen-bond donors (Lipinski definition) is 2. The molecule has 37 heavy (non-hydrogen) atoms. The molecule has 1 aromatic rings. The number of likely N-dealkylation sites (N-methyl/N-ethyl adjacent to an activating group) is 1. The number of carbonyl (C=O) groups is 5. The Bertz CT molecular complexity index is 1360. The minimum Gasteiger partial charge on any atom is -0.375 e. The molecule has 0 aliphatic heterocycles. The summed E-state index contributed by atoms with van der Waals surface area (Å²) in [5.41, 5.74) is -4.07. The van der Waals surface area contributed by atoms with Gasteiger partial charge in [0, 0.05) is 5.92 Å². The summed E-state index contributed by atoms with van der Waals surface area (Å²) >= 11 is 0. The molecule has 2 saturated carbocycles. The van der Waals surface area contributed by atoms with Gasteiger partial charge >= 0.3 is 15.6 Å². The maximum atomic E-state index is 13.6. The molecule has 0 bridgehead atoms. The second-order valence-corrected chi connectivity index (χ2v) is 11.1. The van der Waals surface area contributed by atoms with Crippen LogP contribution in [0.15, 0.2) is 18.2 Å². The van der Waals surface area contributed by atoms with E-state index in [2.05, 4.69) is 4.18 Å². The number of rotatable bonds is 4. The zero-order valence-electron chi connectivity index (χ0n) is 19.3. The Balaban J connectivity index is 1.83. The van der Waals surface area contributed by atoms with Gasteiger partial charge in [-0.05, 0) is 44.5 Å². The predicted octanol–water partition coefficient (Wildman–Crippen LogP) is -0.610. The number of carbonyl (C=O) groups excluding carboxylic acids is 5. The molecule has 1 amide bonds. The van der Waals surface area contributed by atoms with Crippen molar-refractivity contribution >= 4 is 39.2 Å². The minimum atomic E-state index is -6.17. The molecule has 3 N–H and O–H groups in total. The summed E-state index contributed by atoms with van der Waals surface area (Å²) < 4.78 is 66.1. The molecule has 0 heterocycles. The third kappa shape index (κ3) is 3.78. The number of alkyl halides is 3. The number of nitrogens with zero attached hydrogens (tertiary/aromatic N) is 1. The summed E-state index contributed by atoms with van der Waals surface area (Å²) in [4.78, 5) is 66.5. The van der Waals surface area contributed by atoms with Crippen molar-refractivity contribution in [1.82, 2.24) is 4.90 Å². The molecule has 3 aliphatic carbocycles. The topological polar surface area (TPSA) is 178 Å². The van der Waals surface area contributed by atoms with Crippen molar-refractivity contribution in [3.05, 3.63) is 29.3 Å². The number of aliphatic hydroxyl groups is 1. The highest BCUT2D eigenvalue weighted by molar-refractivity contribution is 7.88. The molecule has 11 nitrogen and oxygen atoms in total. The van der Waals surface area contributed by atoms with Crippen molar-refractivity contribution in [2.45, 2.75) is 30.0 Å². The van der Waals surface area contributed by atoms with E-state index in [0.717, 1.165) is 6.07 Å². The molecule has 0 saturated heterocycles. The summed E-state index contributed by atoms with van der Waals surface area (Å²) in [5, 5.41) is 11.4. The second kappa shape index (κ2) is 8.43. The van der Waals surface area contributed by atoms with Gasteiger partial charge in [0.25, 0.3) is 0 Å². The predicted molar refractivity (Wildman–Crippen MR) is 115 cm³/mol. The Morgan fingerprint density at radius 2 is 1.78 bits per heavy atom. The van der Waals surface area contributed by atoms with Crippen molar-refractivity contribution in [2.75, 3.05) is 14.1 Å². The first-order chi connectivity index (χ1) is 16.9. The van der Waals surface area contributed by atoms with E-state index in [0.29, 0.717) is 0 Å². The van der Waals surface area contributed by atoms with Gasteiger partial charge in [0.15, 0.2) is 40.4 Å². The fraction of sp³-hybridized carbons (Fsp3) is 0.500. The Labute approximate surface area is 207 Å². The van der Waals surface area contributed by atoms with Gasteiger partial charge in [-0.3, -0.25) is 28.9 Å². The van der Waals surface area contributed by atoms with E-state index in [1.54, 1.807) is 0 Å². The van der Waals surface area contributed by atoms with E-state index in [9.17, 15) is 50.7 Å². The first kappa shape index (κ1) is 26.9. The lowest BCUT2D eigenvalue weighted by molar-refractivity contribution is -0.181. The average molecular weight is 546 g/mol. The molecule has 15 heteroatoms. The normalized spacial score (nSPS) is 32.0. The average Bonchev–Trinajstić information content (AvgIpc) is 2.75. The van der Waals surface area contributed by atoms with Gasteiger partial charge in [0.05, 0.1) is 17.5 Å². The molecule has 2 fully saturated rings. The lowest BCUT2D eigenvalue weighted by atomic mass is 9.52. The van der Waals surface area contributed by atoms with Gasteiger partial charge in [0.2, 0.25) is 5.91 Å². The van der Waals surface area contributed by atoms with Gasteiger partial charge in [0.1, 0.15) is 0 Å². The molecule has 4 unspecified atom stereocenters. The summed E-state index contributed by atoms with van der Waals surface area (Å²) in [7, 11) is -3.31. The van der Waals surface area contributed by atoms with Crippen molar-refractivity contribution < 1.29 is 54.9 Å². The van der Waals surface area contributed by atoms with Crippen LogP contribution in [0.1, 0.15) is 22.3 Å². The third-order valence-corrected chi connectivity index (χ3v) is 8.23. The summed E-state index contributed by atoms with van der Waals surface area (Å²) in [6, 6.07) is 2.03. The number of amides is 1. The standard InChI is InChI=1S/C22H21F3N2O9S/c1-27(2)15-10-7-9-6-8-4-3-5-11(36-37(34,35)22(23,24)25)12(8)16(28)13(9)18(30)21(10,33)19(31)14(17(15)29)20(26)32/h3-5,9-10,13-15,33H,6-7H2,1-2H3,(H2,26,32)/t9?,10?,13?,14?,15-,21-/m0/s1. The highest BCUT2D eigenvalue weighted by atomic mass is 32.2. The van der Waals surface area contributed by atoms with Gasteiger partial charge in [-0.25, -0.2) is 0 Å². The van der Waals surface area contributed by atoms with Crippen LogP contribution in [0.4, 0.5) is 13.2 Å². The van der Waals surface area contributed by atoms with Crippen LogP contribution in [0.5, 0.6) is 5.75 Å². The van der Waals surface area contributed by atoms with Crippen LogP contribution < -0.4 is 9.92 Å². The molecule has 6 atom stereocenters. The number of primary amides is 1. The van der Waals surface area contributed by atoms with E-state index in [-0.39, 0.29) is 18.4 Å². The van der Waals surface area contributed by atoms with E-state index in [1.807, 2.05) is 0 Å². The fourth-order valence-electron chi connectivity index (χ4n) is 5.76. The molecule has 3 aliphatic rings. The molecule has 1 aromatic carbocycles. The summed E-state index contributed by atoms with van der Waals surface area (Å²) in [5.74, 6) is -13.4. The monoisotopic (exact) mass is 546 g/mol. The van der Waals surface area contributed by atoms with Gasteiger partial charge in [-0.2, -0.15) is 21.6 Å². The van der Waals surface area contributed by atoms with Gasteiger partial charge in [-0.15, -0.1) is 0 Å². The Kier molecular flexibility index (Phi) is 6.12. The molecule has 4 rings (SSSR count). The highest BCUT2D eigenvalue weighted by Gasteiger charge is 2.69. The van der Waals surface area contributed by atoms with Crippen molar-refractivity contribution in [1.29, 1.82) is 0 Å². The zero-order chi connectivity index (χ0) is 27.8. The van der Waals surface area contributed by atoms with E-state index in [4.69, 9.17) is 5.73 Å². The first-order valence-corrected chi connectivity index (χ1v) is 12.3. The number of Topliss-reactive ketones (excluding diaryl/α,β-unsaturated/α-hetero) is 4. The van der Waals surface area contributed by atoms with Crippen molar-refractivity contribution in [3.8, 4) is 5.75 Å². The highest BCUT2D eigenvalue weighted by Crippen LogP contribution is 2.50. The lowest BCUT2D eigenvalue weighted by Gasteiger charge is -2.52. The number of hydrogen-bond acceptors (Lipinski definition) is 10.